The van der Waals surface area contributed by atoms with E-state index in [1.807, 2.05) is 12.1 Å². The van der Waals surface area contributed by atoms with Crippen LogP contribution in [0.3, 0.4) is 0 Å². The second-order valence-electron chi connectivity index (χ2n) is 5.91. The number of rotatable bonds is 4. The summed E-state index contributed by atoms with van der Waals surface area (Å²) in [6.07, 6.45) is 7.03. The molecule has 0 bridgehead atoms. The molecule has 1 aromatic heterocycles. The van der Waals surface area contributed by atoms with E-state index in [2.05, 4.69) is 20.7 Å². The van der Waals surface area contributed by atoms with E-state index in [0.29, 0.717) is 10.8 Å². The van der Waals surface area contributed by atoms with Gasteiger partial charge in [-0.15, -0.1) is 10.2 Å². The molecule has 0 aliphatic heterocycles. The number of aromatic nitrogens is 4. The molecule has 1 aromatic carbocycles. The van der Waals surface area contributed by atoms with Crippen molar-refractivity contribution in [3.63, 3.8) is 0 Å². The fraction of sp³-hybridized carbons (Fsp3) is 0.500. The van der Waals surface area contributed by atoms with E-state index in [4.69, 9.17) is 11.6 Å². The van der Waals surface area contributed by atoms with Crippen molar-refractivity contribution in [2.24, 2.45) is 0 Å². The largest absolute Gasteiger partial charge is 0.352 e. The highest BCUT2D eigenvalue weighted by Crippen LogP contribution is 2.18. The van der Waals surface area contributed by atoms with Gasteiger partial charge in [-0.25, -0.2) is 0 Å². The minimum absolute atomic E-state index is 0.0584. The standard InChI is InChI=1S/C16H20ClN5O/c17-13-9-7-12(8-10-13)16-19-21-22(20-16)11-15(23)18-14-5-3-1-2-4-6-14/h7-10,14H,1-6,11H2,(H,18,23). The predicted octanol–water partition coefficient (Wildman–Crippen LogP) is 2.83. The summed E-state index contributed by atoms with van der Waals surface area (Å²) < 4.78 is 0. The van der Waals surface area contributed by atoms with Crippen molar-refractivity contribution < 1.29 is 4.79 Å². The molecule has 0 spiro atoms. The van der Waals surface area contributed by atoms with Crippen molar-refractivity contribution >= 4 is 17.5 Å². The molecule has 7 heteroatoms. The number of halogens is 1. The number of hydrogen-bond donors (Lipinski definition) is 1. The third kappa shape index (κ3) is 4.51. The maximum Gasteiger partial charge on any atom is 0.243 e. The Labute approximate surface area is 140 Å². The van der Waals surface area contributed by atoms with Gasteiger partial charge in [-0.1, -0.05) is 37.3 Å². The second kappa shape index (κ2) is 7.55. The van der Waals surface area contributed by atoms with Crippen LogP contribution in [0, 0.1) is 0 Å². The van der Waals surface area contributed by atoms with Crippen molar-refractivity contribution in [1.82, 2.24) is 25.5 Å². The van der Waals surface area contributed by atoms with Gasteiger partial charge < -0.3 is 5.32 Å². The Morgan fingerprint density at radius 2 is 1.87 bits per heavy atom. The Bertz CT molecular complexity index is 647. The molecule has 0 saturated heterocycles. The molecule has 3 rings (SSSR count). The fourth-order valence-electron chi connectivity index (χ4n) is 2.85. The summed E-state index contributed by atoms with van der Waals surface area (Å²) in [6.45, 7) is 0.0943. The molecule has 1 amide bonds. The number of amides is 1. The second-order valence-corrected chi connectivity index (χ2v) is 6.34. The first-order chi connectivity index (χ1) is 11.2. The Balaban J connectivity index is 1.57. The topological polar surface area (TPSA) is 72.7 Å². The van der Waals surface area contributed by atoms with Crippen molar-refractivity contribution in [2.75, 3.05) is 0 Å². The summed E-state index contributed by atoms with van der Waals surface area (Å²) in [5.74, 6) is 0.431. The Morgan fingerprint density at radius 1 is 1.17 bits per heavy atom. The van der Waals surface area contributed by atoms with Gasteiger partial charge in [0.2, 0.25) is 11.7 Å². The van der Waals surface area contributed by atoms with Crippen molar-refractivity contribution in [3.05, 3.63) is 29.3 Å². The number of tetrazole rings is 1. The van der Waals surface area contributed by atoms with Crippen LogP contribution >= 0.6 is 11.6 Å². The maximum absolute atomic E-state index is 12.1. The van der Waals surface area contributed by atoms with Crippen LogP contribution in [0.2, 0.25) is 5.02 Å². The van der Waals surface area contributed by atoms with Gasteiger partial charge in [-0.05, 0) is 42.3 Å². The lowest BCUT2D eigenvalue weighted by atomic mass is 10.1. The highest BCUT2D eigenvalue weighted by atomic mass is 35.5. The first-order valence-electron chi connectivity index (χ1n) is 8.04. The lowest BCUT2D eigenvalue weighted by Gasteiger charge is -2.15. The number of carbonyl (C=O) groups is 1. The molecule has 0 atom stereocenters. The normalized spacial score (nSPS) is 16.0. The summed E-state index contributed by atoms with van der Waals surface area (Å²) in [6, 6.07) is 7.49. The average Bonchev–Trinajstić information content (AvgIpc) is 2.84. The van der Waals surface area contributed by atoms with Crippen LogP contribution in [-0.2, 0) is 11.3 Å². The van der Waals surface area contributed by atoms with Crippen LogP contribution in [0.4, 0.5) is 0 Å². The summed E-state index contributed by atoms with van der Waals surface area (Å²) >= 11 is 5.86. The zero-order chi connectivity index (χ0) is 16.1. The third-order valence-electron chi connectivity index (χ3n) is 4.06. The molecule has 6 nitrogen and oxygen atoms in total. The molecule has 23 heavy (non-hydrogen) atoms. The molecule has 0 radical (unpaired) electrons. The molecule has 1 saturated carbocycles. The molecular formula is C16H20ClN5O. The van der Waals surface area contributed by atoms with Crippen LogP contribution < -0.4 is 5.32 Å². The van der Waals surface area contributed by atoms with Gasteiger partial charge in [0.05, 0.1) is 0 Å². The molecule has 1 fully saturated rings. The van der Waals surface area contributed by atoms with Gasteiger partial charge in [0, 0.05) is 16.6 Å². The van der Waals surface area contributed by atoms with Gasteiger partial charge in [-0.3, -0.25) is 4.79 Å². The third-order valence-corrected chi connectivity index (χ3v) is 4.31. The summed E-state index contributed by atoms with van der Waals surface area (Å²) in [5.41, 5.74) is 0.824. The van der Waals surface area contributed by atoms with Crippen LogP contribution in [0.5, 0.6) is 0 Å². The van der Waals surface area contributed by atoms with Crippen LogP contribution in [-0.4, -0.2) is 32.2 Å². The minimum atomic E-state index is -0.0584. The number of nitrogens with one attached hydrogen (secondary N) is 1. The summed E-state index contributed by atoms with van der Waals surface area (Å²) in [7, 11) is 0. The van der Waals surface area contributed by atoms with Gasteiger partial charge in [0.25, 0.3) is 0 Å². The Kier molecular flexibility index (Phi) is 5.23. The minimum Gasteiger partial charge on any atom is -0.352 e. The molecule has 1 aliphatic rings. The van der Waals surface area contributed by atoms with E-state index in [1.165, 1.54) is 30.5 Å². The van der Waals surface area contributed by atoms with Crippen molar-refractivity contribution in [1.29, 1.82) is 0 Å². The van der Waals surface area contributed by atoms with Crippen LogP contribution in [0.1, 0.15) is 38.5 Å². The Hall–Kier alpha value is -1.95. The molecular weight excluding hydrogens is 314 g/mol. The van der Waals surface area contributed by atoms with E-state index in [1.54, 1.807) is 12.1 Å². The smallest absolute Gasteiger partial charge is 0.243 e. The summed E-state index contributed by atoms with van der Waals surface area (Å²) in [5, 5.41) is 15.9. The molecule has 122 valence electrons. The van der Waals surface area contributed by atoms with Crippen molar-refractivity contribution in [3.8, 4) is 11.4 Å². The SMILES string of the molecule is O=C(Cn1nnc(-c2ccc(Cl)cc2)n1)NC1CCCCCC1. The quantitative estimate of drug-likeness (QED) is 0.873. The highest BCUT2D eigenvalue weighted by molar-refractivity contribution is 6.30. The van der Waals surface area contributed by atoms with Crippen LogP contribution in [0.25, 0.3) is 11.4 Å². The van der Waals surface area contributed by atoms with Gasteiger partial charge >= 0.3 is 0 Å². The zero-order valence-electron chi connectivity index (χ0n) is 12.9. The van der Waals surface area contributed by atoms with Gasteiger partial charge in [0.1, 0.15) is 6.54 Å². The maximum atomic E-state index is 12.1. The van der Waals surface area contributed by atoms with Gasteiger partial charge in [-0.2, -0.15) is 4.80 Å². The van der Waals surface area contributed by atoms with E-state index >= 15 is 0 Å². The lowest BCUT2D eigenvalue weighted by Crippen LogP contribution is -2.37. The first kappa shape index (κ1) is 15.9. The van der Waals surface area contributed by atoms with E-state index in [0.717, 1.165) is 18.4 Å². The molecule has 2 aromatic rings. The van der Waals surface area contributed by atoms with E-state index in [-0.39, 0.29) is 18.5 Å². The number of benzene rings is 1. The number of hydrogen-bond acceptors (Lipinski definition) is 4. The average molecular weight is 334 g/mol. The highest BCUT2D eigenvalue weighted by Gasteiger charge is 2.16. The molecule has 1 aliphatic carbocycles. The fourth-order valence-corrected chi connectivity index (χ4v) is 2.98. The molecule has 1 heterocycles. The number of nitrogens with zero attached hydrogens (tertiary/aromatic N) is 4. The number of carbonyl (C=O) groups excluding carboxylic acids is 1. The monoisotopic (exact) mass is 333 g/mol. The Morgan fingerprint density at radius 3 is 2.57 bits per heavy atom. The lowest BCUT2D eigenvalue weighted by molar-refractivity contribution is -0.122. The van der Waals surface area contributed by atoms with Crippen molar-refractivity contribution in [2.45, 2.75) is 51.1 Å². The first-order valence-corrected chi connectivity index (χ1v) is 8.41. The molecule has 1 N–H and O–H groups in total. The summed E-state index contributed by atoms with van der Waals surface area (Å²) in [4.78, 5) is 13.5. The van der Waals surface area contributed by atoms with Crippen LogP contribution in [0.15, 0.2) is 24.3 Å². The predicted molar refractivity (Wildman–Crippen MR) is 87.9 cm³/mol. The van der Waals surface area contributed by atoms with E-state index < -0.39 is 0 Å². The molecule has 0 unspecified atom stereocenters. The zero-order valence-corrected chi connectivity index (χ0v) is 13.7. The van der Waals surface area contributed by atoms with Gasteiger partial charge in [0.15, 0.2) is 0 Å². The van der Waals surface area contributed by atoms with E-state index in [9.17, 15) is 4.79 Å².